The van der Waals surface area contributed by atoms with Crippen LogP contribution in [0.5, 0.6) is 0 Å². The number of nitrogens with one attached hydrogen (secondary N) is 1. The standard InChI is InChI=1S/C57H31ClN4O2/c58-57-61-55(35-19-18-31-8-1-2-10-33(31)28-35)60-56(62-57)36-20-23-40-46-29-34(22-26-48(46)63-50(40)30-36)37-12-5-13-41-39(37)24-27-49-52(41)45-17-7-15-43(54(45)64-49)42-14-6-16-44-51-38-11-4-3-9-32(38)21-25-47(51)59-53(42)44/h1-30,59H. The molecule has 64 heavy (non-hydrogen) atoms. The molecule has 0 amide bonds. The van der Waals surface area contributed by atoms with Crippen LogP contribution in [-0.2, 0) is 0 Å². The number of aromatic nitrogens is 4. The van der Waals surface area contributed by atoms with Gasteiger partial charge in [0.1, 0.15) is 22.3 Å². The van der Waals surface area contributed by atoms with Gasteiger partial charge in [-0.05, 0) is 97.5 Å². The van der Waals surface area contributed by atoms with E-state index in [-0.39, 0.29) is 5.28 Å². The van der Waals surface area contributed by atoms with Crippen LogP contribution in [0.15, 0.2) is 191 Å². The van der Waals surface area contributed by atoms with Crippen molar-refractivity contribution in [2.24, 2.45) is 0 Å². The van der Waals surface area contributed by atoms with Crippen LogP contribution in [0.25, 0.3) is 143 Å². The average molecular weight is 839 g/mol. The number of hydrogen-bond acceptors (Lipinski definition) is 5. The number of aromatic amines is 1. The van der Waals surface area contributed by atoms with Crippen molar-refractivity contribution in [3.8, 4) is 45.0 Å². The average Bonchev–Trinajstić information content (AvgIpc) is 4.04. The van der Waals surface area contributed by atoms with Gasteiger partial charge < -0.3 is 13.8 Å². The third-order valence-corrected chi connectivity index (χ3v) is 13.2. The van der Waals surface area contributed by atoms with Gasteiger partial charge in [-0.2, -0.15) is 9.97 Å². The molecule has 0 radical (unpaired) electrons. The van der Waals surface area contributed by atoms with E-state index < -0.39 is 0 Å². The summed E-state index contributed by atoms with van der Waals surface area (Å²) in [5, 5.41) is 13.8. The molecule has 0 aliphatic heterocycles. The lowest BCUT2D eigenvalue weighted by Gasteiger charge is -2.08. The minimum Gasteiger partial charge on any atom is -0.456 e. The van der Waals surface area contributed by atoms with E-state index in [4.69, 9.17) is 25.4 Å². The molecule has 0 atom stereocenters. The lowest BCUT2D eigenvalue weighted by Crippen LogP contribution is -1.97. The lowest BCUT2D eigenvalue weighted by atomic mass is 9.94. The maximum Gasteiger partial charge on any atom is 0.226 e. The molecule has 1 N–H and O–H groups in total. The van der Waals surface area contributed by atoms with Crippen molar-refractivity contribution >= 4 is 110 Å². The van der Waals surface area contributed by atoms with E-state index in [2.05, 4.69) is 167 Å². The van der Waals surface area contributed by atoms with Gasteiger partial charge in [-0.15, -0.1) is 0 Å². The smallest absolute Gasteiger partial charge is 0.226 e. The molecule has 0 aliphatic rings. The van der Waals surface area contributed by atoms with E-state index in [1.54, 1.807) is 0 Å². The third kappa shape index (κ3) is 5.24. The van der Waals surface area contributed by atoms with Gasteiger partial charge in [0.2, 0.25) is 5.28 Å². The number of halogens is 1. The fourth-order valence-electron chi connectivity index (χ4n) is 10.1. The summed E-state index contributed by atoms with van der Waals surface area (Å²) in [6.07, 6.45) is 0. The highest BCUT2D eigenvalue weighted by Gasteiger charge is 2.20. The van der Waals surface area contributed by atoms with Crippen LogP contribution in [0.1, 0.15) is 0 Å². The fourth-order valence-corrected chi connectivity index (χ4v) is 10.2. The summed E-state index contributed by atoms with van der Waals surface area (Å²) in [5.41, 5.74) is 11.6. The third-order valence-electron chi connectivity index (χ3n) is 13.0. The first-order valence-electron chi connectivity index (χ1n) is 21.3. The summed E-state index contributed by atoms with van der Waals surface area (Å²) in [6.45, 7) is 0. The zero-order valence-electron chi connectivity index (χ0n) is 33.9. The van der Waals surface area contributed by atoms with E-state index in [1.165, 1.54) is 21.5 Å². The zero-order chi connectivity index (χ0) is 42.0. The van der Waals surface area contributed by atoms with Crippen molar-refractivity contribution in [3.05, 3.63) is 187 Å². The molecule has 0 spiro atoms. The predicted molar refractivity (Wildman–Crippen MR) is 263 cm³/mol. The molecule has 0 aliphatic carbocycles. The second-order valence-corrected chi connectivity index (χ2v) is 16.9. The van der Waals surface area contributed by atoms with Gasteiger partial charge in [-0.1, -0.05) is 140 Å². The topological polar surface area (TPSA) is 80.7 Å². The van der Waals surface area contributed by atoms with Gasteiger partial charge in [0.15, 0.2) is 11.6 Å². The zero-order valence-corrected chi connectivity index (χ0v) is 34.6. The molecular weight excluding hydrogens is 808 g/mol. The Labute approximate surface area is 369 Å². The van der Waals surface area contributed by atoms with Crippen LogP contribution in [0.3, 0.4) is 0 Å². The molecular formula is C57H31ClN4O2. The van der Waals surface area contributed by atoms with Crippen LogP contribution in [0.2, 0.25) is 5.28 Å². The molecule has 14 rings (SSSR count). The van der Waals surface area contributed by atoms with Gasteiger partial charge in [-0.25, -0.2) is 4.98 Å². The Hall–Kier alpha value is -8.32. The minimum absolute atomic E-state index is 0.135. The predicted octanol–water partition coefficient (Wildman–Crippen LogP) is 16.1. The number of nitrogens with zero attached hydrogens (tertiary/aromatic N) is 3. The Morgan fingerprint density at radius 1 is 0.375 bits per heavy atom. The van der Waals surface area contributed by atoms with Gasteiger partial charge in [0.05, 0.1) is 5.52 Å². The summed E-state index contributed by atoms with van der Waals surface area (Å²) in [5.74, 6) is 0.999. The molecule has 6 nitrogen and oxygen atoms in total. The van der Waals surface area contributed by atoms with E-state index in [0.29, 0.717) is 11.6 Å². The number of para-hydroxylation sites is 2. The number of fused-ring (bicyclic) bond motifs is 14. The summed E-state index contributed by atoms with van der Waals surface area (Å²) in [6, 6.07) is 63.8. The lowest BCUT2D eigenvalue weighted by molar-refractivity contribution is 0.669. The second kappa shape index (κ2) is 13.3. The van der Waals surface area contributed by atoms with Crippen molar-refractivity contribution in [2.45, 2.75) is 0 Å². The van der Waals surface area contributed by atoms with E-state index in [1.807, 2.05) is 30.3 Å². The summed E-state index contributed by atoms with van der Waals surface area (Å²) >= 11 is 6.51. The molecule has 14 aromatic rings. The number of hydrogen-bond donors (Lipinski definition) is 1. The van der Waals surface area contributed by atoms with Crippen LogP contribution >= 0.6 is 11.6 Å². The first-order chi connectivity index (χ1) is 31.6. The molecule has 0 saturated carbocycles. The van der Waals surface area contributed by atoms with Gasteiger partial charge in [0.25, 0.3) is 0 Å². The van der Waals surface area contributed by atoms with Crippen molar-refractivity contribution < 1.29 is 8.83 Å². The highest BCUT2D eigenvalue weighted by atomic mass is 35.5. The fraction of sp³-hybridized carbons (Fsp3) is 0. The molecule has 4 aromatic heterocycles. The van der Waals surface area contributed by atoms with E-state index >= 15 is 0 Å². The number of rotatable bonds is 4. The SMILES string of the molecule is Clc1nc(-c2ccc3ccccc3c2)nc(-c2ccc3c(c2)oc2ccc(-c4cccc5c4ccc4oc6c(-c7cccc8c7[nH]c7ccc9ccccc9c78)cccc6c45)cc23)n1. The van der Waals surface area contributed by atoms with Crippen LogP contribution < -0.4 is 0 Å². The van der Waals surface area contributed by atoms with Crippen molar-refractivity contribution in [2.75, 3.05) is 0 Å². The van der Waals surface area contributed by atoms with E-state index in [9.17, 15) is 0 Å². The Bertz CT molecular complexity index is 4290. The Balaban J connectivity index is 0.864. The molecule has 298 valence electrons. The molecule has 10 aromatic carbocycles. The Morgan fingerprint density at radius 3 is 1.94 bits per heavy atom. The summed E-state index contributed by atoms with van der Waals surface area (Å²) in [7, 11) is 0. The largest absolute Gasteiger partial charge is 0.456 e. The van der Waals surface area contributed by atoms with Gasteiger partial charge >= 0.3 is 0 Å². The maximum absolute atomic E-state index is 6.83. The maximum atomic E-state index is 6.83. The number of benzene rings is 10. The van der Waals surface area contributed by atoms with Crippen molar-refractivity contribution in [1.82, 2.24) is 19.9 Å². The van der Waals surface area contributed by atoms with Crippen LogP contribution in [0.4, 0.5) is 0 Å². The molecule has 0 saturated heterocycles. The molecule has 0 unspecified atom stereocenters. The number of furan rings is 2. The summed E-state index contributed by atoms with van der Waals surface area (Å²) < 4.78 is 13.3. The first kappa shape index (κ1) is 35.3. The Kier molecular flexibility index (Phi) is 7.36. The molecule has 0 fully saturated rings. The van der Waals surface area contributed by atoms with Crippen LogP contribution in [0, 0.1) is 0 Å². The van der Waals surface area contributed by atoms with E-state index in [0.717, 1.165) is 110 Å². The highest BCUT2D eigenvalue weighted by molar-refractivity contribution is 6.28. The minimum atomic E-state index is 0.135. The molecule has 4 heterocycles. The van der Waals surface area contributed by atoms with Gasteiger partial charge in [-0.3, -0.25) is 0 Å². The monoisotopic (exact) mass is 838 g/mol. The van der Waals surface area contributed by atoms with Crippen molar-refractivity contribution in [3.63, 3.8) is 0 Å². The highest BCUT2D eigenvalue weighted by Crippen LogP contribution is 2.44. The van der Waals surface area contributed by atoms with Crippen LogP contribution in [-0.4, -0.2) is 19.9 Å². The number of H-pyrrole nitrogens is 1. The quantitative estimate of drug-likeness (QED) is 0.191. The van der Waals surface area contributed by atoms with Gasteiger partial charge in [0, 0.05) is 60.1 Å². The Morgan fingerprint density at radius 2 is 1.05 bits per heavy atom. The second-order valence-electron chi connectivity index (χ2n) is 16.5. The summed E-state index contributed by atoms with van der Waals surface area (Å²) in [4.78, 5) is 17.6. The normalized spacial score (nSPS) is 12.1. The molecule has 0 bridgehead atoms. The van der Waals surface area contributed by atoms with Crippen molar-refractivity contribution in [1.29, 1.82) is 0 Å². The molecule has 7 heteroatoms. The first-order valence-corrected chi connectivity index (χ1v) is 21.6.